The number of nitrogens with zero attached hydrogens (tertiary/aromatic N) is 3. The summed E-state index contributed by atoms with van der Waals surface area (Å²) in [6, 6.07) is 2.13. The van der Waals surface area contributed by atoms with Crippen molar-refractivity contribution < 1.29 is 14.3 Å². The third-order valence-corrected chi connectivity index (χ3v) is 5.02. The average molecular weight is 348 g/mol. The van der Waals surface area contributed by atoms with Crippen molar-refractivity contribution in [1.82, 2.24) is 14.9 Å². The van der Waals surface area contributed by atoms with Gasteiger partial charge in [0.2, 0.25) is 11.8 Å². The largest absolute Gasteiger partial charge is 0.478 e. The maximum Gasteiger partial charge on any atom is 0.228 e. The average Bonchev–Trinajstić information content (AvgIpc) is 2.63. The minimum absolute atomic E-state index is 0.0221. The fourth-order valence-electron chi connectivity index (χ4n) is 3.58. The number of rotatable bonds is 5. The molecule has 1 aromatic heterocycles. The third kappa shape index (κ3) is 4.60. The number of carbonyl (C=O) groups is 1. The van der Waals surface area contributed by atoms with Crippen LogP contribution in [0.2, 0.25) is 0 Å². The molecule has 0 spiro atoms. The van der Waals surface area contributed by atoms with Gasteiger partial charge in [0, 0.05) is 31.8 Å². The van der Waals surface area contributed by atoms with Gasteiger partial charge in [0.15, 0.2) is 0 Å². The minimum atomic E-state index is 0.0221. The van der Waals surface area contributed by atoms with Gasteiger partial charge in [-0.25, -0.2) is 9.97 Å². The molecule has 2 fully saturated rings. The molecule has 2 saturated heterocycles. The van der Waals surface area contributed by atoms with Gasteiger partial charge in [-0.1, -0.05) is 0 Å². The Bertz CT molecular complexity index is 575. The quantitative estimate of drug-likeness (QED) is 0.878. The first-order chi connectivity index (χ1) is 12.2. The molecule has 2 unspecified atom stereocenters. The number of nitrogens with one attached hydrogen (secondary N) is 1. The molecule has 3 heterocycles. The lowest BCUT2D eigenvalue weighted by Crippen LogP contribution is -2.48. The van der Waals surface area contributed by atoms with Crippen molar-refractivity contribution in [3.05, 3.63) is 12.4 Å². The fourth-order valence-corrected chi connectivity index (χ4v) is 3.58. The van der Waals surface area contributed by atoms with E-state index in [4.69, 9.17) is 9.47 Å². The number of aromatic nitrogens is 2. The normalized spacial score (nSPS) is 24.8. The number of ether oxygens (including phenoxy) is 2. The molecular weight excluding hydrogens is 320 g/mol. The first kappa shape index (κ1) is 17.9. The van der Waals surface area contributed by atoms with Gasteiger partial charge < -0.3 is 19.7 Å². The van der Waals surface area contributed by atoms with Gasteiger partial charge in [-0.3, -0.25) is 4.79 Å². The zero-order valence-corrected chi connectivity index (χ0v) is 15.1. The van der Waals surface area contributed by atoms with E-state index in [1.54, 1.807) is 0 Å². The maximum absolute atomic E-state index is 12.7. The van der Waals surface area contributed by atoms with E-state index < -0.39 is 0 Å². The Labute approximate surface area is 149 Å². The zero-order valence-electron chi connectivity index (χ0n) is 15.1. The number of likely N-dealkylation sites (tertiary alicyclic amines) is 1. The predicted molar refractivity (Wildman–Crippen MR) is 94.6 cm³/mol. The lowest BCUT2D eigenvalue weighted by atomic mass is 9.92. The highest BCUT2D eigenvalue weighted by molar-refractivity contribution is 5.79. The van der Waals surface area contributed by atoms with E-state index in [2.05, 4.69) is 15.3 Å². The molecule has 2 aliphatic rings. The highest BCUT2D eigenvalue weighted by Crippen LogP contribution is 2.25. The second-order valence-electron chi connectivity index (χ2n) is 6.74. The van der Waals surface area contributed by atoms with Crippen LogP contribution >= 0.6 is 0 Å². The molecule has 0 aliphatic carbocycles. The Kier molecular flexibility index (Phi) is 6.07. The summed E-state index contributed by atoms with van der Waals surface area (Å²) in [4.78, 5) is 23.1. The van der Waals surface area contributed by atoms with E-state index in [1.165, 1.54) is 6.33 Å². The van der Waals surface area contributed by atoms with Crippen molar-refractivity contribution >= 4 is 11.7 Å². The molecule has 1 N–H and O–H groups in total. The number of hydrogen-bond acceptors (Lipinski definition) is 6. The fraction of sp³-hybridized carbons (Fsp3) is 0.722. The van der Waals surface area contributed by atoms with Gasteiger partial charge in [0.05, 0.1) is 18.6 Å². The van der Waals surface area contributed by atoms with Crippen molar-refractivity contribution in [3.8, 4) is 5.88 Å². The number of piperidine rings is 1. The lowest BCUT2D eigenvalue weighted by Gasteiger charge is -2.37. The molecule has 3 rings (SSSR count). The highest BCUT2D eigenvalue weighted by Gasteiger charge is 2.33. The second-order valence-corrected chi connectivity index (χ2v) is 6.74. The van der Waals surface area contributed by atoms with Gasteiger partial charge in [-0.2, -0.15) is 0 Å². The van der Waals surface area contributed by atoms with Gasteiger partial charge >= 0.3 is 0 Å². The van der Waals surface area contributed by atoms with Crippen molar-refractivity contribution in [1.29, 1.82) is 0 Å². The highest BCUT2D eigenvalue weighted by atomic mass is 16.5. The molecule has 0 radical (unpaired) electrons. The number of anilines is 1. The minimum Gasteiger partial charge on any atom is -0.478 e. The van der Waals surface area contributed by atoms with Crippen LogP contribution in [-0.2, 0) is 9.53 Å². The van der Waals surface area contributed by atoms with Crippen LogP contribution in [-0.4, -0.2) is 59.2 Å². The van der Waals surface area contributed by atoms with E-state index in [0.717, 1.165) is 51.2 Å². The van der Waals surface area contributed by atoms with Gasteiger partial charge in [0.1, 0.15) is 12.1 Å². The van der Waals surface area contributed by atoms with E-state index in [9.17, 15) is 4.79 Å². The third-order valence-electron chi connectivity index (χ3n) is 5.02. The molecule has 25 heavy (non-hydrogen) atoms. The summed E-state index contributed by atoms with van der Waals surface area (Å²) in [6.07, 6.45) is 5.31. The van der Waals surface area contributed by atoms with Crippen LogP contribution in [0.3, 0.4) is 0 Å². The van der Waals surface area contributed by atoms with E-state index in [0.29, 0.717) is 18.5 Å². The Hall–Kier alpha value is -1.89. The van der Waals surface area contributed by atoms with E-state index in [1.807, 2.05) is 24.8 Å². The monoisotopic (exact) mass is 348 g/mol. The topological polar surface area (TPSA) is 76.6 Å². The van der Waals surface area contributed by atoms with Crippen LogP contribution < -0.4 is 10.1 Å². The van der Waals surface area contributed by atoms with E-state index >= 15 is 0 Å². The Balaban J connectivity index is 1.50. The molecule has 2 atom stereocenters. The van der Waals surface area contributed by atoms with Crippen LogP contribution in [0.15, 0.2) is 12.4 Å². The Morgan fingerprint density at radius 1 is 1.36 bits per heavy atom. The number of carbonyl (C=O) groups excluding carboxylic acids is 1. The summed E-state index contributed by atoms with van der Waals surface area (Å²) in [5.41, 5.74) is 0. The van der Waals surface area contributed by atoms with Crippen LogP contribution in [0, 0.1) is 5.92 Å². The molecule has 7 nitrogen and oxygen atoms in total. The summed E-state index contributed by atoms with van der Waals surface area (Å²) >= 11 is 0. The van der Waals surface area contributed by atoms with Gasteiger partial charge in [-0.05, 0) is 39.5 Å². The number of amides is 1. The van der Waals surface area contributed by atoms with Crippen molar-refractivity contribution in [2.45, 2.75) is 51.7 Å². The first-order valence-corrected chi connectivity index (χ1v) is 9.29. The number of hydrogen-bond donors (Lipinski definition) is 1. The van der Waals surface area contributed by atoms with Crippen molar-refractivity contribution in [2.24, 2.45) is 5.92 Å². The SMILES string of the molecule is CCOc1cc(NC2CCN(C(=O)C3CCCOC3C)CC2)ncn1. The lowest BCUT2D eigenvalue weighted by molar-refractivity contribution is -0.145. The molecule has 0 aromatic carbocycles. The van der Waals surface area contributed by atoms with Crippen LogP contribution in [0.5, 0.6) is 5.88 Å². The van der Waals surface area contributed by atoms with Crippen LogP contribution in [0.4, 0.5) is 5.82 Å². The van der Waals surface area contributed by atoms with Crippen molar-refractivity contribution in [3.63, 3.8) is 0 Å². The summed E-state index contributed by atoms with van der Waals surface area (Å²) in [7, 11) is 0. The molecule has 0 saturated carbocycles. The molecule has 1 aromatic rings. The standard InChI is InChI=1S/C18H28N4O3/c1-3-24-17-11-16(19-12-20-17)21-14-6-8-22(9-7-14)18(23)15-5-4-10-25-13(15)2/h11-15H,3-10H2,1-2H3,(H,19,20,21). The zero-order chi connectivity index (χ0) is 17.6. The van der Waals surface area contributed by atoms with Gasteiger partial charge in [-0.15, -0.1) is 0 Å². The smallest absolute Gasteiger partial charge is 0.228 e. The maximum atomic E-state index is 12.7. The van der Waals surface area contributed by atoms with Crippen LogP contribution in [0.1, 0.15) is 39.5 Å². The van der Waals surface area contributed by atoms with Crippen molar-refractivity contribution in [2.75, 3.05) is 31.6 Å². The predicted octanol–water partition coefficient (Wildman–Crippen LogP) is 2.09. The summed E-state index contributed by atoms with van der Waals surface area (Å²) < 4.78 is 11.1. The summed E-state index contributed by atoms with van der Waals surface area (Å²) in [6.45, 7) is 6.87. The molecule has 0 bridgehead atoms. The Morgan fingerprint density at radius 2 is 2.16 bits per heavy atom. The van der Waals surface area contributed by atoms with Gasteiger partial charge in [0.25, 0.3) is 0 Å². The molecular formula is C18H28N4O3. The molecule has 1 amide bonds. The first-order valence-electron chi connectivity index (χ1n) is 9.29. The van der Waals surface area contributed by atoms with E-state index in [-0.39, 0.29) is 17.9 Å². The molecule has 7 heteroatoms. The Morgan fingerprint density at radius 3 is 2.88 bits per heavy atom. The molecule has 2 aliphatic heterocycles. The summed E-state index contributed by atoms with van der Waals surface area (Å²) in [5.74, 6) is 1.64. The van der Waals surface area contributed by atoms with Crippen LogP contribution in [0.25, 0.3) is 0 Å². The summed E-state index contributed by atoms with van der Waals surface area (Å²) in [5, 5.41) is 3.43. The molecule has 138 valence electrons. The second kappa shape index (κ2) is 8.47.